The molecule has 1 aromatic rings. The molecule has 5 heteroatoms. The highest BCUT2D eigenvalue weighted by Crippen LogP contribution is 1.97. The molecular formula is C10H15N3O2. The average molecular weight is 209 g/mol. The number of hydrogen-bond donors (Lipinski definition) is 1. The number of aromatic amines is 1. The van der Waals surface area contributed by atoms with Crippen LogP contribution in [0, 0.1) is 6.92 Å². The first-order valence-electron chi connectivity index (χ1n) is 4.95. The Bertz CT molecular complexity index is 407. The van der Waals surface area contributed by atoms with Crippen LogP contribution in [0.4, 0.5) is 0 Å². The molecule has 0 aromatic carbocycles. The van der Waals surface area contributed by atoms with Crippen LogP contribution in [0.2, 0.25) is 0 Å². The van der Waals surface area contributed by atoms with Crippen molar-refractivity contribution in [1.82, 2.24) is 14.9 Å². The van der Waals surface area contributed by atoms with Gasteiger partial charge in [-0.2, -0.15) is 0 Å². The molecule has 5 nitrogen and oxygen atoms in total. The average Bonchev–Trinajstić information content (AvgIpc) is 2.19. The lowest BCUT2D eigenvalue weighted by Gasteiger charge is -2.17. The van der Waals surface area contributed by atoms with Crippen LogP contribution in [-0.4, -0.2) is 33.9 Å². The van der Waals surface area contributed by atoms with E-state index in [-0.39, 0.29) is 17.0 Å². The largest absolute Gasteiger partial charge is 0.339 e. The minimum atomic E-state index is -0.376. The highest BCUT2D eigenvalue weighted by molar-refractivity contribution is 5.93. The summed E-state index contributed by atoms with van der Waals surface area (Å²) in [6.07, 6.45) is 1.33. The van der Waals surface area contributed by atoms with E-state index in [9.17, 15) is 9.59 Å². The van der Waals surface area contributed by atoms with Gasteiger partial charge in [-0.3, -0.25) is 9.59 Å². The first-order chi connectivity index (χ1) is 7.10. The van der Waals surface area contributed by atoms with E-state index in [1.54, 1.807) is 11.8 Å². The van der Waals surface area contributed by atoms with Gasteiger partial charge in [-0.1, -0.05) is 0 Å². The summed E-state index contributed by atoms with van der Waals surface area (Å²) in [7, 11) is 0. The van der Waals surface area contributed by atoms with Crippen LogP contribution >= 0.6 is 0 Å². The molecule has 0 unspecified atom stereocenters. The maximum atomic E-state index is 11.8. The van der Waals surface area contributed by atoms with Gasteiger partial charge in [0.15, 0.2) is 0 Å². The number of carbonyl (C=O) groups excluding carboxylic acids is 1. The van der Waals surface area contributed by atoms with Crippen molar-refractivity contribution in [2.24, 2.45) is 0 Å². The van der Waals surface area contributed by atoms with Gasteiger partial charge in [-0.25, -0.2) is 4.98 Å². The molecule has 0 aliphatic heterocycles. The van der Waals surface area contributed by atoms with E-state index in [0.29, 0.717) is 18.9 Å². The summed E-state index contributed by atoms with van der Waals surface area (Å²) in [4.78, 5) is 31.3. The third-order valence-electron chi connectivity index (χ3n) is 2.21. The summed E-state index contributed by atoms with van der Waals surface area (Å²) >= 11 is 0. The van der Waals surface area contributed by atoms with E-state index in [1.807, 2.05) is 13.8 Å². The quantitative estimate of drug-likeness (QED) is 0.791. The summed E-state index contributed by atoms with van der Waals surface area (Å²) in [6, 6.07) is 0. The Morgan fingerprint density at radius 2 is 2.07 bits per heavy atom. The van der Waals surface area contributed by atoms with Gasteiger partial charge in [-0.15, -0.1) is 0 Å². The summed E-state index contributed by atoms with van der Waals surface area (Å²) in [6.45, 7) is 6.59. The number of hydrogen-bond acceptors (Lipinski definition) is 3. The van der Waals surface area contributed by atoms with Crippen molar-refractivity contribution >= 4 is 5.91 Å². The molecule has 1 rings (SSSR count). The second kappa shape index (κ2) is 4.72. The Morgan fingerprint density at radius 3 is 2.53 bits per heavy atom. The van der Waals surface area contributed by atoms with E-state index in [0.717, 1.165) is 0 Å². The molecule has 0 aliphatic carbocycles. The number of carbonyl (C=O) groups is 1. The molecule has 0 aliphatic rings. The summed E-state index contributed by atoms with van der Waals surface area (Å²) in [5, 5.41) is 0. The molecule has 0 spiro atoms. The first-order valence-corrected chi connectivity index (χ1v) is 4.95. The van der Waals surface area contributed by atoms with Crippen LogP contribution in [0.25, 0.3) is 0 Å². The molecule has 82 valence electrons. The van der Waals surface area contributed by atoms with Crippen molar-refractivity contribution in [3.8, 4) is 0 Å². The second-order valence-corrected chi connectivity index (χ2v) is 3.19. The SMILES string of the molecule is CCN(CC)C(=O)c1cnc(C)[nH]c1=O. The first kappa shape index (κ1) is 11.4. The fraction of sp³-hybridized carbons (Fsp3) is 0.500. The number of nitrogens with one attached hydrogen (secondary N) is 1. The molecular weight excluding hydrogens is 194 g/mol. The van der Waals surface area contributed by atoms with Gasteiger partial charge >= 0.3 is 0 Å². The van der Waals surface area contributed by atoms with Gasteiger partial charge in [0.25, 0.3) is 11.5 Å². The number of H-pyrrole nitrogens is 1. The molecule has 0 saturated heterocycles. The molecule has 1 N–H and O–H groups in total. The lowest BCUT2D eigenvalue weighted by atomic mass is 10.3. The lowest BCUT2D eigenvalue weighted by Crippen LogP contribution is -2.34. The Balaban J connectivity index is 3.06. The predicted molar refractivity (Wildman–Crippen MR) is 56.8 cm³/mol. The Labute approximate surface area is 88.1 Å². The van der Waals surface area contributed by atoms with Crippen molar-refractivity contribution in [3.63, 3.8) is 0 Å². The maximum Gasteiger partial charge on any atom is 0.263 e. The van der Waals surface area contributed by atoms with Gasteiger partial charge < -0.3 is 9.88 Å². The van der Waals surface area contributed by atoms with Gasteiger partial charge in [0, 0.05) is 19.3 Å². The normalized spacial score (nSPS) is 10.1. The monoisotopic (exact) mass is 209 g/mol. The molecule has 1 amide bonds. The number of aryl methyl sites for hydroxylation is 1. The van der Waals surface area contributed by atoms with E-state index in [1.165, 1.54) is 6.20 Å². The maximum absolute atomic E-state index is 11.8. The Kier molecular flexibility index (Phi) is 3.60. The van der Waals surface area contributed by atoms with Crippen molar-refractivity contribution in [2.45, 2.75) is 20.8 Å². The standard InChI is InChI=1S/C10H15N3O2/c1-4-13(5-2)10(15)8-6-11-7(3)12-9(8)14/h6H,4-5H2,1-3H3,(H,11,12,14). The van der Waals surface area contributed by atoms with Crippen LogP contribution in [0.1, 0.15) is 30.0 Å². The van der Waals surface area contributed by atoms with Crippen molar-refractivity contribution in [2.75, 3.05) is 13.1 Å². The number of rotatable bonds is 3. The Morgan fingerprint density at radius 1 is 1.47 bits per heavy atom. The topological polar surface area (TPSA) is 66.1 Å². The van der Waals surface area contributed by atoms with Crippen LogP contribution in [0.3, 0.4) is 0 Å². The summed E-state index contributed by atoms with van der Waals surface area (Å²) in [5.41, 5.74) is -0.274. The molecule has 1 heterocycles. The van der Waals surface area contributed by atoms with Crippen LogP contribution < -0.4 is 5.56 Å². The third-order valence-corrected chi connectivity index (χ3v) is 2.21. The van der Waals surface area contributed by atoms with Crippen LogP contribution in [-0.2, 0) is 0 Å². The molecule has 0 radical (unpaired) electrons. The number of amides is 1. The summed E-state index contributed by atoms with van der Waals surface area (Å²) in [5.74, 6) is 0.241. The Hall–Kier alpha value is -1.65. The highest BCUT2D eigenvalue weighted by atomic mass is 16.2. The van der Waals surface area contributed by atoms with E-state index in [4.69, 9.17) is 0 Å². The lowest BCUT2D eigenvalue weighted by molar-refractivity contribution is 0.0770. The highest BCUT2D eigenvalue weighted by Gasteiger charge is 2.16. The minimum absolute atomic E-state index is 0.101. The molecule has 0 atom stereocenters. The van der Waals surface area contributed by atoms with Crippen LogP contribution in [0.15, 0.2) is 11.0 Å². The third kappa shape index (κ3) is 2.43. The van der Waals surface area contributed by atoms with Crippen molar-refractivity contribution < 1.29 is 4.79 Å². The smallest absolute Gasteiger partial charge is 0.263 e. The molecule has 15 heavy (non-hydrogen) atoms. The molecule has 0 bridgehead atoms. The summed E-state index contributed by atoms with van der Waals surface area (Å²) < 4.78 is 0. The van der Waals surface area contributed by atoms with E-state index >= 15 is 0 Å². The minimum Gasteiger partial charge on any atom is -0.339 e. The zero-order valence-corrected chi connectivity index (χ0v) is 9.20. The molecule has 1 aromatic heterocycles. The second-order valence-electron chi connectivity index (χ2n) is 3.19. The van der Waals surface area contributed by atoms with Gasteiger partial charge in [0.05, 0.1) is 0 Å². The fourth-order valence-electron chi connectivity index (χ4n) is 1.32. The van der Waals surface area contributed by atoms with Crippen LogP contribution in [0.5, 0.6) is 0 Å². The molecule has 0 fully saturated rings. The van der Waals surface area contributed by atoms with E-state index in [2.05, 4.69) is 9.97 Å². The number of aromatic nitrogens is 2. The zero-order chi connectivity index (χ0) is 11.4. The molecule has 0 saturated carbocycles. The van der Waals surface area contributed by atoms with E-state index < -0.39 is 0 Å². The van der Waals surface area contributed by atoms with Crippen molar-refractivity contribution in [3.05, 3.63) is 27.9 Å². The number of nitrogens with zero attached hydrogens (tertiary/aromatic N) is 2. The fourth-order valence-corrected chi connectivity index (χ4v) is 1.32. The zero-order valence-electron chi connectivity index (χ0n) is 9.20. The van der Waals surface area contributed by atoms with Gasteiger partial charge in [-0.05, 0) is 20.8 Å². The predicted octanol–water partition coefficient (Wildman–Crippen LogP) is 0.560. The van der Waals surface area contributed by atoms with Gasteiger partial charge in [0.2, 0.25) is 0 Å². The van der Waals surface area contributed by atoms with Crippen molar-refractivity contribution in [1.29, 1.82) is 0 Å². The van der Waals surface area contributed by atoms with Gasteiger partial charge in [0.1, 0.15) is 11.4 Å².